The van der Waals surface area contributed by atoms with Crippen molar-refractivity contribution in [1.82, 2.24) is 0 Å². The molecule has 19 heavy (non-hydrogen) atoms. The summed E-state index contributed by atoms with van der Waals surface area (Å²) in [5.74, 6) is 0.807. The van der Waals surface area contributed by atoms with Gasteiger partial charge >= 0.3 is 0 Å². The molecule has 0 aromatic heterocycles. The maximum absolute atomic E-state index is 10.6. The quantitative estimate of drug-likeness (QED) is 0.724. The van der Waals surface area contributed by atoms with Crippen LogP contribution in [0.1, 0.15) is 40.0 Å². The summed E-state index contributed by atoms with van der Waals surface area (Å²) >= 11 is 0. The molecule has 4 aliphatic rings. The lowest BCUT2D eigenvalue weighted by molar-refractivity contribution is -0.147. The van der Waals surface area contributed by atoms with E-state index in [-0.39, 0.29) is 23.2 Å². The Bertz CT molecular complexity index is 542. The lowest BCUT2D eigenvalue weighted by Crippen LogP contribution is -2.60. The number of rotatable bonds is 0. The van der Waals surface area contributed by atoms with Gasteiger partial charge in [0.25, 0.3) is 0 Å². The maximum atomic E-state index is 10.6. The van der Waals surface area contributed by atoms with Gasteiger partial charge in [-0.1, -0.05) is 13.8 Å². The van der Waals surface area contributed by atoms with Crippen LogP contribution in [0.15, 0.2) is 11.1 Å². The zero-order valence-electron chi connectivity index (χ0n) is 11.8. The molecule has 0 aromatic rings. The van der Waals surface area contributed by atoms with Crippen molar-refractivity contribution in [3.8, 4) is 12.1 Å². The lowest BCUT2D eigenvalue weighted by atomic mass is 9.42. The van der Waals surface area contributed by atoms with Crippen LogP contribution >= 0.6 is 0 Å². The third-order valence-electron chi connectivity index (χ3n) is 6.18. The van der Waals surface area contributed by atoms with Gasteiger partial charge in [0.2, 0.25) is 0 Å². The van der Waals surface area contributed by atoms with E-state index in [4.69, 9.17) is 0 Å². The minimum atomic E-state index is -0.682. The molecule has 2 fully saturated rings. The normalized spacial score (nSPS) is 46.6. The van der Waals surface area contributed by atoms with E-state index in [2.05, 4.69) is 26.0 Å². The smallest absolute Gasteiger partial charge is 0.0960 e. The van der Waals surface area contributed by atoms with Crippen LogP contribution < -0.4 is 0 Å². The number of allylic oxidation sites excluding steroid dienone is 2. The molecule has 0 radical (unpaired) electrons. The topological polar surface area (TPSA) is 67.8 Å². The first kappa shape index (κ1) is 12.7. The molecule has 3 nitrogen and oxygen atoms in total. The summed E-state index contributed by atoms with van der Waals surface area (Å²) in [5, 5.41) is 29.5. The summed E-state index contributed by atoms with van der Waals surface area (Å²) in [6.45, 7) is 6.37. The van der Waals surface area contributed by atoms with Crippen LogP contribution in [0.3, 0.4) is 0 Å². The number of hydrogen-bond acceptors (Lipinski definition) is 3. The van der Waals surface area contributed by atoms with Gasteiger partial charge in [0.1, 0.15) is 0 Å². The molecule has 3 heteroatoms. The molecule has 4 unspecified atom stereocenters. The average Bonchev–Trinajstić information content (AvgIpc) is 2.35. The van der Waals surface area contributed by atoms with Crippen LogP contribution in [0, 0.1) is 51.7 Å². The minimum Gasteiger partial charge on any atom is -0.390 e. The second kappa shape index (κ2) is 3.62. The predicted octanol–water partition coefficient (Wildman–Crippen LogP) is 2.78. The van der Waals surface area contributed by atoms with Crippen LogP contribution in [-0.2, 0) is 0 Å². The van der Waals surface area contributed by atoms with Gasteiger partial charge in [-0.05, 0) is 43.4 Å². The van der Waals surface area contributed by atoms with Crippen LogP contribution in [0.4, 0.5) is 0 Å². The molecule has 4 bridgehead atoms. The maximum Gasteiger partial charge on any atom is 0.0960 e. The molecule has 100 valence electrons. The summed E-state index contributed by atoms with van der Waals surface area (Å²) in [7, 11) is 0. The Morgan fingerprint density at radius 1 is 1.11 bits per heavy atom. The van der Waals surface area contributed by atoms with E-state index >= 15 is 0 Å². The van der Waals surface area contributed by atoms with Crippen molar-refractivity contribution in [2.24, 2.45) is 29.1 Å². The molecule has 0 saturated heterocycles. The summed E-state index contributed by atoms with van der Waals surface area (Å²) in [6, 6.07) is 4.57. The molecule has 4 rings (SSSR count). The molecule has 1 N–H and O–H groups in total. The number of aliphatic hydroxyl groups is 1. The molecular formula is C16H20N2O. The SMILES string of the molecule is CC1(C)C2CC3C(C(C#N)=C2C#N)C1CC[C@@]3(C)O. The van der Waals surface area contributed by atoms with Gasteiger partial charge < -0.3 is 5.11 Å². The molecule has 0 heterocycles. The van der Waals surface area contributed by atoms with E-state index in [9.17, 15) is 15.6 Å². The van der Waals surface area contributed by atoms with Crippen LogP contribution in [-0.4, -0.2) is 10.7 Å². The minimum absolute atomic E-state index is 0.0725. The molecular weight excluding hydrogens is 236 g/mol. The third kappa shape index (κ3) is 1.40. The molecule has 0 aliphatic heterocycles. The van der Waals surface area contributed by atoms with Gasteiger partial charge in [0.15, 0.2) is 0 Å². The molecule has 0 amide bonds. The van der Waals surface area contributed by atoms with Gasteiger partial charge in [-0.3, -0.25) is 0 Å². The highest BCUT2D eigenvalue weighted by Gasteiger charge is 2.62. The Kier molecular flexibility index (Phi) is 2.42. The van der Waals surface area contributed by atoms with Crippen molar-refractivity contribution in [3.63, 3.8) is 0 Å². The van der Waals surface area contributed by atoms with Gasteiger partial charge in [0, 0.05) is 23.0 Å². The molecule has 4 aliphatic carbocycles. The fourth-order valence-electron chi connectivity index (χ4n) is 5.06. The first-order valence-electron chi connectivity index (χ1n) is 7.11. The largest absolute Gasteiger partial charge is 0.390 e. The fourth-order valence-corrected chi connectivity index (χ4v) is 5.06. The summed E-state index contributed by atoms with van der Waals surface area (Å²) in [4.78, 5) is 0. The van der Waals surface area contributed by atoms with Gasteiger partial charge in [-0.25, -0.2) is 0 Å². The standard InChI is InChI=1S/C16H20N2O/c1-15(2)11-4-5-16(3,19)13-6-12(15)9(7-17)10(8-18)14(11)13/h11-14,19H,4-6H2,1-3H3/t11?,12?,13?,14?,16-/m1/s1. The van der Waals surface area contributed by atoms with Crippen molar-refractivity contribution in [1.29, 1.82) is 10.5 Å². The van der Waals surface area contributed by atoms with E-state index in [0.717, 1.165) is 19.3 Å². The zero-order chi connectivity index (χ0) is 14.0. The Morgan fingerprint density at radius 3 is 2.32 bits per heavy atom. The highest BCUT2D eigenvalue weighted by Crippen LogP contribution is 2.65. The highest BCUT2D eigenvalue weighted by molar-refractivity contribution is 5.47. The highest BCUT2D eigenvalue weighted by atomic mass is 16.3. The van der Waals surface area contributed by atoms with Crippen molar-refractivity contribution in [2.45, 2.75) is 45.6 Å². The Balaban J connectivity index is 2.21. The lowest BCUT2D eigenvalue weighted by Gasteiger charge is -2.62. The van der Waals surface area contributed by atoms with Crippen molar-refractivity contribution < 1.29 is 5.11 Å². The van der Waals surface area contributed by atoms with Crippen molar-refractivity contribution in [2.75, 3.05) is 0 Å². The third-order valence-corrected chi connectivity index (χ3v) is 6.18. The summed E-state index contributed by atoms with van der Waals surface area (Å²) < 4.78 is 0. The van der Waals surface area contributed by atoms with Gasteiger partial charge in [-0.15, -0.1) is 0 Å². The van der Waals surface area contributed by atoms with Gasteiger partial charge in [0.05, 0.1) is 17.7 Å². The van der Waals surface area contributed by atoms with Crippen LogP contribution in [0.5, 0.6) is 0 Å². The second-order valence-corrected chi connectivity index (χ2v) is 7.30. The fraction of sp³-hybridized carbons (Fsp3) is 0.750. The molecule has 2 saturated carbocycles. The molecule has 0 aromatic carbocycles. The zero-order valence-corrected chi connectivity index (χ0v) is 11.8. The van der Waals surface area contributed by atoms with E-state index in [1.54, 1.807) is 0 Å². The monoisotopic (exact) mass is 256 g/mol. The Morgan fingerprint density at radius 2 is 1.74 bits per heavy atom. The van der Waals surface area contributed by atoms with E-state index in [1.807, 2.05) is 6.92 Å². The van der Waals surface area contributed by atoms with E-state index in [0.29, 0.717) is 17.1 Å². The van der Waals surface area contributed by atoms with E-state index in [1.165, 1.54) is 0 Å². The Hall–Kier alpha value is -1.32. The first-order chi connectivity index (χ1) is 8.84. The van der Waals surface area contributed by atoms with E-state index < -0.39 is 5.60 Å². The number of nitrogens with zero attached hydrogens (tertiary/aromatic N) is 2. The van der Waals surface area contributed by atoms with Crippen LogP contribution in [0.25, 0.3) is 0 Å². The van der Waals surface area contributed by atoms with Gasteiger partial charge in [-0.2, -0.15) is 10.5 Å². The summed E-state index contributed by atoms with van der Waals surface area (Å²) in [5.41, 5.74) is 0.762. The first-order valence-corrected chi connectivity index (χ1v) is 7.11. The molecule has 5 atom stereocenters. The number of nitriles is 2. The van der Waals surface area contributed by atoms with Crippen molar-refractivity contribution in [3.05, 3.63) is 11.1 Å². The Labute approximate surface area is 114 Å². The van der Waals surface area contributed by atoms with Crippen LogP contribution in [0.2, 0.25) is 0 Å². The molecule has 0 spiro atoms. The van der Waals surface area contributed by atoms with Crippen molar-refractivity contribution >= 4 is 0 Å². The summed E-state index contributed by atoms with van der Waals surface area (Å²) in [6.07, 6.45) is 2.63. The second-order valence-electron chi connectivity index (χ2n) is 7.30. The number of hydrogen-bond donors (Lipinski definition) is 1. The predicted molar refractivity (Wildman–Crippen MR) is 70.5 cm³/mol. The average molecular weight is 256 g/mol.